The van der Waals surface area contributed by atoms with Crippen molar-refractivity contribution < 1.29 is 19.4 Å². The molecule has 1 amide bonds. The normalized spacial score (nSPS) is 12.0. The molecule has 0 aliphatic carbocycles. The second-order valence-corrected chi connectivity index (χ2v) is 10.0. The maximum Gasteiger partial charge on any atom is 0.407 e. The summed E-state index contributed by atoms with van der Waals surface area (Å²) in [7, 11) is -1.22. The molecule has 1 atom stereocenters. The lowest BCUT2D eigenvalue weighted by Crippen LogP contribution is -2.53. The van der Waals surface area contributed by atoms with Crippen LogP contribution in [0.5, 0.6) is 0 Å². The van der Waals surface area contributed by atoms with Crippen LogP contribution in [0.25, 0.3) is 0 Å². The number of alkyl carbamates (subject to hydrolysis) is 1. The van der Waals surface area contributed by atoms with Gasteiger partial charge in [0.1, 0.15) is 29.2 Å². The van der Waals surface area contributed by atoms with E-state index in [0.717, 1.165) is 15.9 Å². The summed E-state index contributed by atoms with van der Waals surface area (Å²) in [4.78, 5) is 23.8. The molecule has 0 radical (unpaired) electrons. The fraction of sp³-hybridized carbons (Fsp3) is 0.130. The number of nitrogens with one attached hydrogen (secondary N) is 1. The number of carboxylic acids is 1. The molecule has 0 aromatic heterocycles. The van der Waals surface area contributed by atoms with Gasteiger partial charge >= 0.3 is 6.09 Å². The SMILES string of the molecule is COC(=O)N[C@@H](C[P+](c1ccccc1)(c1ccccc1)c1ccccc1)C(=O)[O-]. The first-order chi connectivity index (χ1) is 14.1. The Balaban J connectivity index is 2.24. The Hall–Kier alpha value is -3.17. The Morgan fingerprint density at radius 1 is 0.828 bits per heavy atom. The summed E-state index contributed by atoms with van der Waals surface area (Å²) in [5.41, 5.74) is 0. The van der Waals surface area contributed by atoms with Gasteiger partial charge in [-0.3, -0.25) is 0 Å². The summed E-state index contributed by atoms with van der Waals surface area (Å²) < 4.78 is 4.63. The Labute approximate surface area is 170 Å². The fourth-order valence-electron chi connectivity index (χ4n) is 3.47. The molecule has 0 heterocycles. The molecule has 0 saturated heterocycles. The molecular weight excluding hydrogens is 385 g/mol. The lowest BCUT2D eigenvalue weighted by Gasteiger charge is -2.31. The van der Waals surface area contributed by atoms with E-state index in [9.17, 15) is 14.7 Å². The molecule has 3 aromatic carbocycles. The highest BCUT2D eigenvalue weighted by atomic mass is 31.2. The number of hydrogen-bond donors (Lipinski definition) is 1. The van der Waals surface area contributed by atoms with E-state index in [0.29, 0.717) is 0 Å². The summed E-state index contributed by atoms with van der Waals surface area (Å²) in [6, 6.07) is 28.3. The molecule has 3 rings (SSSR count). The molecule has 0 bridgehead atoms. The summed E-state index contributed by atoms with van der Waals surface area (Å²) in [6.07, 6.45) is -0.630. The van der Waals surface area contributed by atoms with Crippen LogP contribution >= 0.6 is 7.26 Å². The lowest BCUT2D eigenvalue weighted by atomic mass is 10.3. The van der Waals surface area contributed by atoms with Crippen LogP contribution in [0.3, 0.4) is 0 Å². The van der Waals surface area contributed by atoms with Crippen molar-refractivity contribution in [2.75, 3.05) is 13.3 Å². The average molecular weight is 407 g/mol. The van der Waals surface area contributed by atoms with Crippen LogP contribution in [0.4, 0.5) is 4.79 Å². The number of hydrogen-bond acceptors (Lipinski definition) is 4. The zero-order chi connectivity index (χ0) is 20.7. The first-order valence-electron chi connectivity index (χ1n) is 9.18. The van der Waals surface area contributed by atoms with Gasteiger partial charge in [0, 0.05) is 0 Å². The van der Waals surface area contributed by atoms with E-state index in [1.807, 2.05) is 91.0 Å². The topological polar surface area (TPSA) is 78.5 Å². The second kappa shape index (κ2) is 9.35. The highest BCUT2D eigenvalue weighted by Crippen LogP contribution is 2.55. The molecule has 5 nitrogen and oxygen atoms in total. The number of benzene rings is 3. The summed E-state index contributed by atoms with van der Waals surface area (Å²) in [6.45, 7) is 0. The van der Waals surface area contributed by atoms with E-state index in [1.54, 1.807) is 0 Å². The van der Waals surface area contributed by atoms with Gasteiger partial charge in [0.25, 0.3) is 0 Å². The van der Waals surface area contributed by atoms with Crippen molar-refractivity contribution in [3.05, 3.63) is 91.0 Å². The predicted octanol–water partition coefficient (Wildman–Crippen LogP) is 1.45. The number of methoxy groups -OCH3 is 1. The number of rotatable bonds is 7. The van der Waals surface area contributed by atoms with Crippen molar-refractivity contribution in [3.8, 4) is 0 Å². The molecule has 6 heteroatoms. The van der Waals surface area contributed by atoms with Crippen LogP contribution in [-0.2, 0) is 9.53 Å². The van der Waals surface area contributed by atoms with Gasteiger partial charge in [0.2, 0.25) is 0 Å². The van der Waals surface area contributed by atoms with Crippen molar-refractivity contribution in [2.24, 2.45) is 0 Å². The van der Waals surface area contributed by atoms with Gasteiger partial charge in [-0.05, 0) is 36.4 Å². The van der Waals surface area contributed by atoms with Crippen LogP contribution in [0.2, 0.25) is 0 Å². The first-order valence-corrected chi connectivity index (χ1v) is 11.2. The zero-order valence-corrected chi connectivity index (χ0v) is 16.9. The van der Waals surface area contributed by atoms with E-state index in [1.165, 1.54) is 7.11 Å². The Morgan fingerprint density at radius 3 is 1.52 bits per heavy atom. The summed E-state index contributed by atoms with van der Waals surface area (Å²) >= 11 is 0. The van der Waals surface area contributed by atoms with Crippen LogP contribution in [0.15, 0.2) is 91.0 Å². The van der Waals surface area contributed by atoms with E-state index < -0.39 is 25.4 Å². The summed E-state index contributed by atoms with van der Waals surface area (Å²) in [5.74, 6) is -1.34. The van der Waals surface area contributed by atoms with E-state index in [-0.39, 0.29) is 6.16 Å². The van der Waals surface area contributed by atoms with Crippen LogP contribution in [0, 0.1) is 0 Å². The monoisotopic (exact) mass is 407 g/mol. The maximum atomic E-state index is 12.0. The molecule has 29 heavy (non-hydrogen) atoms. The number of aliphatic carboxylic acids is 1. The van der Waals surface area contributed by atoms with Gasteiger partial charge < -0.3 is 20.0 Å². The average Bonchev–Trinajstić information content (AvgIpc) is 2.78. The van der Waals surface area contributed by atoms with Crippen molar-refractivity contribution >= 4 is 35.2 Å². The molecule has 0 fully saturated rings. The van der Waals surface area contributed by atoms with Crippen LogP contribution < -0.4 is 26.3 Å². The number of carboxylic acid groups (broad SMARTS) is 1. The van der Waals surface area contributed by atoms with Gasteiger partial charge in [-0.2, -0.15) is 0 Å². The second-order valence-electron chi connectivity index (χ2n) is 6.51. The Morgan fingerprint density at radius 2 is 1.21 bits per heavy atom. The largest absolute Gasteiger partial charge is 0.548 e. The van der Waals surface area contributed by atoms with Crippen LogP contribution in [-0.4, -0.2) is 31.4 Å². The number of amides is 1. The highest BCUT2D eigenvalue weighted by molar-refractivity contribution is 7.95. The van der Waals surface area contributed by atoms with Crippen molar-refractivity contribution in [2.45, 2.75) is 6.04 Å². The quantitative estimate of drug-likeness (QED) is 0.602. The van der Waals surface area contributed by atoms with E-state index in [4.69, 9.17) is 0 Å². The van der Waals surface area contributed by atoms with E-state index >= 15 is 0 Å². The van der Waals surface area contributed by atoms with Crippen molar-refractivity contribution in [1.29, 1.82) is 0 Å². The summed E-state index contributed by atoms with van der Waals surface area (Å²) in [5, 5.41) is 17.5. The minimum absolute atomic E-state index is 0.169. The predicted molar refractivity (Wildman–Crippen MR) is 114 cm³/mol. The molecule has 0 unspecified atom stereocenters. The molecule has 1 N–H and O–H groups in total. The number of carbonyl (C=O) groups is 2. The van der Waals surface area contributed by atoms with Gasteiger partial charge in [0.05, 0.1) is 19.2 Å². The number of ether oxygens (including phenoxy) is 1. The van der Waals surface area contributed by atoms with Crippen LogP contribution in [0.1, 0.15) is 0 Å². The fourth-order valence-corrected chi connectivity index (χ4v) is 7.82. The zero-order valence-electron chi connectivity index (χ0n) is 16.0. The molecule has 0 aliphatic rings. The Kier molecular flexibility index (Phi) is 6.63. The third kappa shape index (κ3) is 4.47. The van der Waals surface area contributed by atoms with Gasteiger partial charge in [-0.25, -0.2) is 4.79 Å². The molecule has 0 spiro atoms. The maximum absolute atomic E-state index is 12.0. The molecule has 0 aliphatic heterocycles. The van der Waals surface area contributed by atoms with Crippen molar-refractivity contribution in [1.82, 2.24) is 5.32 Å². The molecule has 3 aromatic rings. The molecular formula is C23H22NO4P. The van der Waals surface area contributed by atoms with Gasteiger partial charge in [-0.1, -0.05) is 54.6 Å². The number of carbonyl (C=O) groups excluding carboxylic acids is 2. The standard InChI is InChI=1S/C23H22NO4P/c1-28-23(27)24-21(22(25)26)17-29(18-11-5-2-6-12-18,19-13-7-3-8-14-19)20-15-9-4-10-16-20/h2-16,21H,17H2,1H3,(H-,24,25,26,27)/t21-/m0/s1. The van der Waals surface area contributed by atoms with Gasteiger partial charge in [-0.15, -0.1) is 0 Å². The minimum atomic E-state index is -2.42. The third-order valence-corrected chi connectivity index (χ3v) is 9.26. The highest BCUT2D eigenvalue weighted by Gasteiger charge is 2.47. The smallest absolute Gasteiger partial charge is 0.407 e. The molecule has 148 valence electrons. The Bertz CT molecular complexity index is 852. The van der Waals surface area contributed by atoms with E-state index in [2.05, 4.69) is 10.1 Å². The van der Waals surface area contributed by atoms with Crippen molar-refractivity contribution in [3.63, 3.8) is 0 Å². The molecule has 0 saturated carbocycles. The van der Waals surface area contributed by atoms with Gasteiger partial charge in [0.15, 0.2) is 0 Å². The first kappa shape index (κ1) is 20.6. The third-order valence-electron chi connectivity index (χ3n) is 4.81. The lowest BCUT2D eigenvalue weighted by molar-refractivity contribution is -0.307. The minimum Gasteiger partial charge on any atom is -0.548 e.